The van der Waals surface area contributed by atoms with Gasteiger partial charge in [0.15, 0.2) is 23.0 Å². The van der Waals surface area contributed by atoms with Gasteiger partial charge in [-0.2, -0.15) is 0 Å². The largest absolute Gasteiger partial charge is 0.503 e. The first-order valence-electron chi connectivity index (χ1n) is 5.53. The van der Waals surface area contributed by atoms with Crippen molar-refractivity contribution in [2.45, 2.75) is 0 Å². The number of methoxy groups -OCH3 is 1. The number of halogens is 6. The van der Waals surface area contributed by atoms with Crippen molar-refractivity contribution in [3.63, 3.8) is 0 Å². The van der Waals surface area contributed by atoms with E-state index in [-0.39, 0.29) is 11.5 Å². The van der Waals surface area contributed by atoms with E-state index in [2.05, 4.69) is 79.6 Å². The van der Waals surface area contributed by atoms with Crippen molar-refractivity contribution >= 4 is 91.3 Å². The van der Waals surface area contributed by atoms with Crippen LogP contribution in [0.2, 0.25) is 5.02 Å². The number of benzene rings is 2. The molecule has 0 amide bonds. The van der Waals surface area contributed by atoms with E-state index in [1.54, 1.807) is 6.07 Å². The molecule has 0 spiro atoms. The maximum absolute atomic E-state index is 10.3. The fourth-order valence-corrected chi connectivity index (χ4v) is 4.75. The van der Waals surface area contributed by atoms with Crippen LogP contribution in [0.4, 0.5) is 0 Å². The molecule has 0 heterocycles. The Morgan fingerprint density at radius 1 is 0.955 bits per heavy atom. The van der Waals surface area contributed by atoms with Crippen molar-refractivity contribution < 1.29 is 14.6 Å². The van der Waals surface area contributed by atoms with Gasteiger partial charge < -0.3 is 14.6 Å². The summed E-state index contributed by atoms with van der Waals surface area (Å²) in [5.74, 6) is 0.972. The smallest absolute Gasteiger partial charge is 0.186 e. The van der Waals surface area contributed by atoms with E-state index in [0.29, 0.717) is 34.4 Å². The topological polar surface area (TPSA) is 38.7 Å². The summed E-state index contributed by atoms with van der Waals surface area (Å²) in [6, 6.07) is 3.55. The molecule has 9 heteroatoms. The highest BCUT2D eigenvalue weighted by Crippen LogP contribution is 2.52. The van der Waals surface area contributed by atoms with Crippen molar-refractivity contribution in [2.75, 3.05) is 7.11 Å². The van der Waals surface area contributed by atoms with E-state index in [1.165, 1.54) is 7.11 Å². The van der Waals surface area contributed by atoms with Gasteiger partial charge in [0.2, 0.25) is 0 Å². The molecule has 0 fully saturated rings. The highest BCUT2D eigenvalue weighted by Gasteiger charge is 2.22. The Bertz CT molecular complexity index is 722. The summed E-state index contributed by atoms with van der Waals surface area (Å²) in [4.78, 5) is 0. The van der Waals surface area contributed by atoms with Crippen LogP contribution in [0, 0.1) is 0 Å². The molecule has 0 bridgehead atoms. The molecular weight excluding hydrogens is 639 g/mol. The molecule has 3 nitrogen and oxygen atoms in total. The van der Waals surface area contributed by atoms with Gasteiger partial charge in [-0.25, -0.2) is 0 Å². The molecule has 2 aromatic rings. The van der Waals surface area contributed by atoms with Crippen LogP contribution in [0.15, 0.2) is 34.5 Å². The third-order valence-electron chi connectivity index (χ3n) is 2.59. The molecule has 0 aliphatic rings. The minimum Gasteiger partial charge on any atom is -0.503 e. The predicted molar refractivity (Wildman–Crippen MR) is 105 cm³/mol. The molecule has 0 aliphatic carbocycles. The maximum Gasteiger partial charge on any atom is 0.186 e. The third kappa shape index (κ3) is 3.62. The minimum absolute atomic E-state index is 0.0960. The van der Waals surface area contributed by atoms with Crippen molar-refractivity contribution in [3.05, 3.63) is 39.5 Å². The highest BCUT2D eigenvalue weighted by atomic mass is 79.9. The third-order valence-corrected chi connectivity index (χ3v) is 7.33. The molecular formula is C13H6Br5ClO3. The molecule has 0 saturated heterocycles. The van der Waals surface area contributed by atoms with Crippen molar-refractivity contribution in [1.82, 2.24) is 0 Å². The molecule has 0 radical (unpaired) electrons. The number of phenols is 1. The first-order valence-corrected chi connectivity index (χ1v) is 9.88. The van der Waals surface area contributed by atoms with Crippen LogP contribution in [-0.2, 0) is 0 Å². The molecule has 1 N–H and O–H groups in total. The van der Waals surface area contributed by atoms with Crippen molar-refractivity contribution in [2.24, 2.45) is 0 Å². The molecule has 2 aromatic carbocycles. The van der Waals surface area contributed by atoms with E-state index < -0.39 is 0 Å². The number of rotatable bonds is 3. The summed E-state index contributed by atoms with van der Waals surface area (Å²) in [5, 5.41) is 10.7. The van der Waals surface area contributed by atoms with Gasteiger partial charge in [-0.3, -0.25) is 0 Å². The Morgan fingerprint density at radius 3 is 2.18 bits per heavy atom. The standard InChI is InChI=1S/C13H6Br5ClO3/c1-21-12-5(15)2-4(14)3-6(12)22-13-9(18)10(19)7(16)8(17)11(13)20/h2-3,20H,1H3. The molecule has 0 aromatic heterocycles. The lowest BCUT2D eigenvalue weighted by Gasteiger charge is -2.16. The van der Waals surface area contributed by atoms with Crippen LogP contribution in [-0.4, -0.2) is 12.2 Å². The second kappa shape index (κ2) is 7.61. The van der Waals surface area contributed by atoms with Crippen LogP contribution in [0.5, 0.6) is 23.0 Å². The minimum atomic E-state index is -0.0960. The van der Waals surface area contributed by atoms with Gasteiger partial charge in [0.1, 0.15) is 0 Å². The molecule has 118 valence electrons. The lowest BCUT2D eigenvalue weighted by Crippen LogP contribution is -1.94. The summed E-state index contributed by atoms with van der Waals surface area (Å²) in [5.41, 5.74) is 0. The average molecular weight is 645 g/mol. The van der Waals surface area contributed by atoms with Gasteiger partial charge >= 0.3 is 0 Å². The fourth-order valence-electron chi connectivity index (χ4n) is 1.61. The zero-order valence-corrected chi connectivity index (χ0v) is 19.4. The van der Waals surface area contributed by atoms with Crippen LogP contribution in [0.3, 0.4) is 0 Å². The quantitative estimate of drug-likeness (QED) is 0.276. The maximum atomic E-state index is 10.3. The lowest BCUT2D eigenvalue weighted by molar-refractivity contribution is 0.362. The zero-order valence-electron chi connectivity index (χ0n) is 10.7. The molecule has 0 atom stereocenters. The van der Waals surface area contributed by atoms with Crippen LogP contribution in [0.25, 0.3) is 0 Å². The van der Waals surface area contributed by atoms with Crippen LogP contribution >= 0.6 is 91.3 Å². The molecule has 0 aliphatic heterocycles. The molecule has 0 unspecified atom stereocenters. The van der Waals surface area contributed by atoms with E-state index in [0.717, 1.165) is 4.47 Å². The van der Waals surface area contributed by atoms with Gasteiger partial charge in [0.25, 0.3) is 0 Å². The van der Waals surface area contributed by atoms with E-state index in [9.17, 15) is 5.11 Å². The number of ether oxygens (including phenoxy) is 2. The van der Waals surface area contributed by atoms with Crippen molar-refractivity contribution in [3.8, 4) is 23.0 Å². The number of hydrogen-bond donors (Lipinski definition) is 1. The Hall–Kier alpha value is 0.530. The van der Waals surface area contributed by atoms with Crippen LogP contribution < -0.4 is 9.47 Å². The average Bonchev–Trinajstić information content (AvgIpc) is 2.47. The second-order valence-corrected chi connectivity index (χ2v) is 8.48. The molecule has 0 saturated carbocycles. The highest BCUT2D eigenvalue weighted by molar-refractivity contribution is 9.13. The number of aromatic hydroxyl groups is 1. The van der Waals surface area contributed by atoms with E-state index in [1.807, 2.05) is 6.07 Å². The van der Waals surface area contributed by atoms with Gasteiger partial charge in [0.05, 0.1) is 30.0 Å². The van der Waals surface area contributed by atoms with Gasteiger partial charge in [-0.05, 0) is 75.9 Å². The summed E-state index contributed by atoms with van der Waals surface area (Å²) in [6.07, 6.45) is 0. The summed E-state index contributed by atoms with van der Waals surface area (Å²) in [6.45, 7) is 0. The normalized spacial score (nSPS) is 10.7. The summed E-state index contributed by atoms with van der Waals surface area (Å²) >= 11 is 22.9. The van der Waals surface area contributed by atoms with Crippen LogP contribution in [0.1, 0.15) is 0 Å². The van der Waals surface area contributed by atoms with E-state index in [4.69, 9.17) is 21.1 Å². The van der Waals surface area contributed by atoms with Gasteiger partial charge in [-0.15, -0.1) is 0 Å². The molecule has 22 heavy (non-hydrogen) atoms. The number of phenolic OH excluding ortho intramolecular Hbond substituents is 1. The Morgan fingerprint density at radius 2 is 1.59 bits per heavy atom. The number of hydrogen-bond acceptors (Lipinski definition) is 3. The lowest BCUT2D eigenvalue weighted by atomic mass is 10.3. The second-order valence-electron chi connectivity index (χ2n) is 3.95. The molecule has 2 rings (SSSR count). The first-order chi connectivity index (χ1) is 10.3. The van der Waals surface area contributed by atoms with E-state index >= 15 is 0 Å². The Labute approximate surface area is 174 Å². The zero-order chi connectivity index (χ0) is 16.6. The summed E-state index contributed by atoms with van der Waals surface area (Å²) < 4.78 is 14.0. The first kappa shape index (κ1) is 18.9. The fraction of sp³-hybridized carbons (Fsp3) is 0.0769. The Kier molecular flexibility index (Phi) is 6.53. The monoisotopic (exact) mass is 640 g/mol. The van der Waals surface area contributed by atoms with Gasteiger partial charge in [-0.1, -0.05) is 27.5 Å². The Balaban J connectivity index is 2.62. The van der Waals surface area contributed by atoms with Crippen molar-refractivity contribution in [1.29, 1.82) is 0 Å². The van der Waals surface area contributed by atoms with Gasteiger partial charge in [0, 0.05) is 4.47 Å². The summed E-state index contributed by atoms with van der Waals surface area (Å²) in [7, 11) is 1.53. The predicted octanol–water partition coefficient (Wildman–Crippen LogP) is 7.66. The SMILES string of the molecule is COc1c(Br)cc(Br)cc1Oc1c(O)c(Br)c(Br)c(Cl)c1Br.